The van der Waals surface area contributed by atoms with E-state index in [1.54, 1.807) is 11.3 Å². The molecular weight excluding hydrogens is 226 g/mol. The maximum Gasteiger partial charge on any atom is 0.0797 e. The minimum absolute atomic E-state index is 0.248. The summed E-state index contributed by atoms with van der Waals surface area (Å²) in [6.45, 7) is 8.87. The van der Waals surface area contributed by atoms with Gasteiger partial charge in [-0.25, -0.2) is 4.98 Å². The predicted molar refractivity (Wildman–Crippen MR) is 68.8 cm³/mol. The monoisotopic (exact) mass is 245 g/mol. The van der Waals surface area contributed by atoms with Gasteiger partial charge in [-0.05, 0) is 31.1 Å². The minimum Gasteiger partial charge on any atom is -0.250 e. The lowest BCUT2D eigenvalue weighted by atomic mass is 9.77. The molecule has 0 aromatic carbocycles. The van der Waals surface area contributed by atoms with Crippen molar-refractivity contribution in [2.24, 2.45) is 11.3 Å². The molecule has 1 atom stereocenters. The van der Waals surface area contributed by atoms with Crippen LogP contribution in [0.1, 0.15) is 37.8 Å². The number of aromatic nitrogens is 1. The van der Waals surface area contributed by atoms with E-state index in [1.807, 2.05) is 5.51 Å². The van der Waals surface area contributed by atoms with Crippen LogP contribution in [-0.2, 0) is 6.42 Å². The Hall–Kier alpha value is -0.0800. The van der Waals surface area contributed by atoms with Crippen molar-refractivity contribution in [3.05, 3.63) is 16.1 Å². The first kappa shape index (κ1) is 13.0. The number of nitrogens with zero attached hydrogens (tertiary/aromatic N) is 1. The third kappa shape index (κ3) is 3.18. The second-order valence-electron chi connectivity index (χ2n) is 4.80. The maximum atomic E-state index is 6.07. The van der Waals surface area contributed by atoms with Crippen molar-refractivity contribution in [1.82, 2.24) is 4.98 Å². The number of halogens is 1. The SMILES string of the molecule is Cc1ncsc1CCC(C)(CCl)C(C)C. The van der Waals surface area contributed by atoms with Crippen LogP contribution < -0.4 is 0 Å². The number of hydrogen-bond acceptors (Lipinski definition) is 2. The van der Waals surface area contributed by atoms with Crippen molar-refractivity contribution in [3.8, 4) is 0 Å². The Balaban J connectivity index is 2.59. The van der Waals surface area contributed by atoms with E-state index in [-0.39, 0.29) is 5.41 Å². The molecule has 1 aromatic heterocycles. The van der Waals surface area contributed by atoms with Gasteiger partial charge in [0.2, 0.25) is 0 Å². The fourth-order valence-electron chi connectivity index (χ4n) is 1.48. The first-order valence-electron chi connectivity index (χ1n) is 5.44. The standard InChI is InChI=1S/C12H20ClNS/c1-9(2)12(4,7-13)6-5-11-10(3)14-8-15-11/h8-9H,5-7H2,1-4H3. The third-order valence-corrected chi connectivity index (χ3v) is 5.07. The highest BCUT2D eigenvalue weighted by atomic mass is 35.5. The van der Waals surface area contributed by atoms with Gasteiger partial charge in [-0.2, -0.15) is 0 Å². The Morgan fingerprint density at radius 1 is 1.53 bits per heavy atom. The molecule has 0 bridgehead atoms. The fourth-order valence-corrected chi connectivity index (χ4v) is 2.70. The van der Waals surface area contributed by atoms with E-state index in [4.69, 9.17) is 11.6 Å². The maximum absolute atomic E-state index is 6.07. The number of alkyl halides is 1. The lowest BCUT2D eigenvalue weighted by Crippen LogP contribution is -2.26. The largest absolute Gasteiger partial charge is 0.250 e. The van der Waals surface area contributed by atoms with Crippen LogP contribution in [0.2, 0.25) is 0 Å². The Labute approximate surface area is 102 Å². The molecule has 1 heterocycles. The zero-order valence-corrected chi connectivity index (χ0v) is 11.6. The minimum atomic E-state index is 0.248. The third-order valence-electron chi connectivity index (χ3n) is 3.47. The van der Waals surface area contributed by atoms with Crippen LogP contribution in [-0.4, -0.2) is 10.9 Å². The lowest BCUT2D eigenvalue weighted by Gasteiger charge is -2.31. The highest BCUT2D eigenvalue weighted by Crippen LogP contribution is 2.34. The van der Waals surface area contributed by atoms with Gasteiger partial charge >= 0.3 is 0 Å². The summed E-state index contributed by atoms with van der Waals surface area (Å²) in [4.78, 5) is 5.68. The highest BCUT2D eigenvalue weighted by Gasteiger charge is 2.27. The number of thiazole rings is 1. The molecule has 0 aliphatic heterocycles. The molecule has 3 heteroatoms. The van der Waals surface area contributed by atoms with E-state index in [0.717, 1.165) is 18.7 Å². The molecule has 0 aliphatic rings. The Kier molecular flexibility index (Phi) is 4.60. The van der Waals surface area contributed by atoms with Gasteiger partial charge in [0.05, 0.1) is 11.2 Å². The average Bonchev–Trinajstić information content (AvgIpc) is 2.60. The lowest BCUT2D eigenvalue weighted by molar-refractivity contribution is 0.235. The zero-order valence-electron chi connectivity index (χ0n) is 10.0. The molecule has 1 unspecified atom stereocenters. The van der Waals surface area contributed by atoms with Crippen molar-refractivity contribution >= 4 is 22.9 Å². The van der Waals surface area contributed by atoms with E-state index in [1.165, 1.54) is 10.6 Å². The van der Waals surface area contributed by atoms with E-state index < -0.39 is 0 Å². The van der Waals surface area contributed by atoms with E-state index in [2.05, 4.69) is 32.7 Å². The van der Waals surface area contributed by atoms with Crippen molar-refractivity contribution in [2.75, 3.05) is 5.88 Å². The van der Waals surface area contributed by atoms with Crippen LogP contribution in [0.5, 0.6) is 0 Å². The quantitative estimate of drug-likeness (QED) is 0.706. The first-order chi connectivity index (χ1) is 6.99. The molecule has 1 rings (SSSR count). The van der Waals surface area contributed by atoms with Crippen LogP contribution in [0.3, 0.4) is 0 Å². The fraction of sp³-hybridized carbons (Fsp3) is 0.750. The summed E-state index contributed by atoms with van der Waals surface area (Å²) in [5.41, 5.74) is 3.36. The van der Waals surface area contributed by atoms with Crippen molar-refractivity contribution < 1.29 is 0 Å². The van der Waals surface area contributed by atoms with Crippen LogP contribution in [0.4, 0.5) is 0 Å². The van der Waals surface area contributed by atoms with E-state index >= 15 is 0 Å². The highest BCUT2D eigenvalue weighted by molar-refractivity contribution is 7.09. The molecule has 0 aliphatic carbocycles. The van der Waals surface area contributed by atoms with Crippen molar-refractivity contribution in [3.63, 3.8) is 0 Å². The first-order valence-corrected chi connectivity index (χ1v) is 6.86. The summed E-state index contributed by atoms with van der Waals surface area (Å²) in [6.07, 6.45) is 2.26. The summed E-state index contributed by atoms with van der Waals surface area (Å²) in [5, 5.41) is 0. The summed E-state index contributed by atoms with van der Waals surface area (Å²) in [6, 6.07) is 0. The summed E-state index contributed by atoms with van der Waals surface area (Å²) in [7, 11) is 0. The van der Waals surface area contributed by atoms with Crippen LogP contribution in [0, 0.1) is 18.3 Å². The van der Waals surface area contributed by atoms with Crippen LogP contribution >= 0.6 is 22.9 Å². The number of rotatable bonds is 5. The van der Waals surface area contributed by atoms with Gasteiger partial charge in [-0.15, -0.1) is 22.9 Å². The van der Waals surface area contributed by atoms with Crippen LogP contribution in [0.15, 0.2) is 5.51 Å². The molecule has 0 amide bonds. The molecule has 0 N–H and O–H groups in total. The average molecular weight is 246 g/mol. The van der Waals surface area contributed by atoms with Crippen molar-refractivity contribution in [2.45, 2.75) is 40.5 Å². The van der Waals surface area contributed by atoms with Gasteiger partial charge in [0.15, 0.2) is 0 Å². The molecule has 0 fully saturated rings. The van der Waals surface area contributed by atoms with Crippen molar-refractivity contribution in [1.29, 1.82) is 0 Å². The predicted octanol–water partition coefficient (Wildman–Crippen LogP) is 4.29. The summed E-state index contributed by atoms with van der Waals surface area (Å²) < 4.78 is 0. The van der Waals surface area contributed by atoms with Crippen LogP contribution in [0.25, 0.3) is 0 Å². The Bertz CT molecular complexity index is 308. The molecule has 86 valence electrons. The van der Waals surface area contributed by atoms with E-state index in [9.17, 15) is 0 Å². The summed E-state index contributed by atoms with van der Waals surface area (Å²) in [5.74, 6) is 1.37. The topological polar surface area (TPSA) is 12.9 Å². The second-order valence-corrected chi connectivity index (χ2v) is 6.01. The van der Waals surface area contributed by atoms with E-state index in [0.29, 0.717) is 5.92 Å². The smallest absolute Gasteiger partial charge is 0.0797 e. The van der Waals surface area contributed by atoms with Gasteiger partial charge < -0.3 is 0 Å². The zero-order chi connectivity index (χ0) is 11.5. The van der Waals surface area contributed by atoms with Gasteiger partial charge in [0, 0.05) is 10.8 Å². The molecule has 0 spiro atoms. The Morgan fingerprint density at radius 2 is 2.20 bits per heavy atom. The molecule has 0 saturated carbocycles. The molecule has 0 saturated heterocycles. The van der Waals surface area contributed by atoms with Gasteiger partial charge in [-0.3, -0.25) is 0 Å². The molecule has 0 radical (unpaired) electrons. The van der Waals surface area contributed by atoms with Gasteiger partial charge in [0.25, 0.3) is 0 Å². The number of aryl methyl sites for hydroxylation is 2. The molecule has 15 heavy (non-hydrogen) atoms. The summed E-state index contributed by atoms with van der Waals surface area (Å²) >= 11 is 7.83. The van der Waals surface area contributed by atoms with Gasteiger partial charge in [0.1, 0.15) is 0 Å². The number of hydrogen-bond donors (Lipinski definition) is 0. The normalized spacial score (nSPS) is 15.6. The Morgan fingerprint density at radius 3 is 2.60 bits per heavy atom. The molecule has 1 nitrogen and oxygen atoms in total. The second kappa shape index (κ2) is 5.31. The molecule has 1 aromatic rings. The molecular formula is C12H20ClNS. The van der Waals surface area contributed by atoms with Gasteiger partial charge in [-0.1, -0.05) is 20.8 Å².